The lowest BCUT2D eigenvalue weighted by atomic mass is 10.2. The van der Waals surface area contributed by atoms with Crippen molar-refractivity contribution in [2.75, 3.05) is 13.1 Å². The van der Waals surface area contributed by atoms with Crippen LogP contribution in [0, 0.1) is 5.92 Å². The van der Waals surface area contributed by atoms with Crippen molar-refractivity contribution < 1.29 is 4.42 Å². The Morgan fingerprint density at radius 2 is 2.14 bits per heavy atom. The van der Waals surface area contributed by atoms with Crippen molar-refractivity contribution in [2.45, 2.75) is 40.4 Å². The van der Waals surface area contributed by atoms with Crippen LogP contribution in [0.3, 0.4) is 0 Å². The van der Waals surface area contributed by atoms with Crippen LogP contribution in [0.2, 0.25) is 0 Å². The largest absolute Gasteiger partial charge is 0.468 e. The smallest absolute Gasteiger partial charge is 0.122 e. The summed E-state index contributed by atoms with van der Waals surface area (Å²) in [6, 6.07) is 6.42. The highest BCUT2D eigenvalue weighted by atomic mass is 32.1. The highest BCUT2D eigenvalue weighted by molar-refractivity contribution is 7.09. The minimum absolute atomic E-state index is 0.661. The van der Waals surface area contributed by atoms with Gasteiger partial charge in [-0.05, 0) is 36.5 Å². The third kappa shape index (κ3) is 5.30. The molecule has 2 rings (SSSR count). The van der Waals surface area contributed by atoms with Crippen molar-refractivity contribution >= 4 is 11.3 Å². The van der Waals surface area contributed by atoms with Gasteiger partial charge in [0.1, 0.15) is 5.76 Å². The SMILES string of the molecule is CCN(Cc1cccs1)Cc1ccoc1CNCC(C)C. The van der Waals surface area contributed by atoms with Gasteiger partial charge in [0.15, 0.2) is 0 Å². The molecule has 3 nitrogen and oxygen atoms in total. The first kappa shape index (κ1) is 16.3. The summed E-state index contributed by atoms with van der Waals surface area (Å²) in [7, 11) is 0. The first-order valence-electron chi connectivity index (χ1n) is 7.69. The molecule has 1 N–H and O–H groups in total. The molecule has 0 aliphatic carbocycles. The Hall–Kier alpha value is -1.10. The molecule has 0 radical (unpaired) electrons. The van der Waals surface area contributed by atoms with Crippen molar-refractivity contribution in [1.29, 1.82) is 0 Å². The Balaban J connectivity index is 1.90. The molecule has 0 spiro atoms. The van der Waals surface area contributed by atoms with E-state index in [1.54, 1.807) is 6.26 Å². The molecule has 21 heavy (non-hydrogen) atoms. The van der Waals surface area contributed by atoms with Gasteiger partial charge in [-0.25, -0.2) is 0 Å². The lowest BCUT2D eigenvalue weighted by Crippen LogP contribution is -2.23. The zero-order valence-corrected chi connectivity index (χ0v) is 14.1. The zero-order chi connectivity index (χ0) is 15.1. The molecule has 0 bridgehead atoms. The van der Waals surface area contributed by atoms with E-state index in [0.29, 0.717) is 5.92 Å². The van der Waals surface area contributed by atoms with E-state index in [1.807, 2.05) is 11.3 Å². The van der Waals surface area contributed by atoms with Gasteiger partial charge in [-0.3, -0.25) is 4.90 Å². The molecule has 0 aliphatic heterocycles. The van der Waals surface area contributed by atoms with Crippen LogP contribution in [-0.2, 0) is 19.6 Å². The third-order valence-corrected chi connectivity index (χ3v) is 4.34. The van der Waals surface area contributed by atoms with Crippen LogP contribution in [0.5, 0.6) is 0 Å². The van der Waals surface area contributed by atoms with E-state index in [1.165, 1.54) is 10.4 Å². The van der Waals surface area contributed by atoms with Gasteiger partial charge in [0.25, 0.3) is 0 Å². The quantitative estimate of drug-likeness (QED) is 0.756. The van der Waals surface area contributed by atoms with Gasteiger partial charge in [-0.2, -0.15) is 0 Å². The second kappa shape index (κ2) is 8.37. The zero-order valence-electron chi connectivity index (χ0n) is 13.3. The molecule has 0 unspecified atom stereocenters. The summed E-state index contributed by atoms with van der Waals surface area (Å²) >= 11 is 1.82. The average Bonchev–Trinajstić information content (AvgIpc) is 3.10. The normalized spacial score (nSPS) is 11.7. The standard InChI is InChI=1S/C17H26N2OS/c1-4-19(13-16-6-5-9-21-16)12-15-7-8-20-17(15)11-18-10-14(2)3/h5-9,14,18H,4,10-13H2,1-3H3. The molecule has 2 aromatic heterocycles. The van der Waals surface area contributed by atoms with E-state index in [2.05, 4.69) is 54.6 Å². The Morgan fingerprint density at radius 3 is 2.81 bits per heavy atom. The number of furan rings is 1. The van der Waals surface area contributed by atoms with Gasteiger partial charge in [-0.15, -0.1) is 11.3 Å². The molecule has 116 valence electrons. The maximum atomic E-state index is 5.64. The Labute approximate surface area is 132 Å². The van der Waals surface area contributed by atoms with Crippen LogP contribution < -0.4 is 5.32 Å². The van der Waals surface area contributed by atoms with Gasteiger partial charge in [0.2, 0.25) is 0 Å². The van der Waals surface area contributed by atoms with Crippen molar-refractivity contribution in [1.82, 2.24) is 10.2 Å². The van der Waals surface area contributed by atoms with Crippen molar-refractivity contribution in [3.05, 3.63) is 46.0 Å². The van der Waals surface area contributed by atoms with Gasteiger partial charge >= 0.3 is 0 Å². The van der Waals surface area contributed by atoms with Crippen LogP contribution in [0.15, 0.2) is 34.3 Å². The third-order valence-electron chi connectivity index (χ3n) is 3.48. The molecular formula is C17H26N2OS. The van der Waals surface area contributed by atoms with Crippen molar-refractivity contribution in [2.24, 2.45) is 5.92 Å². The molecule has 0 saturated heterocycles. The Kier molecular flexibility index (Phi) is 6.49. The van der Waals surface area contributed by atoms with Crippen LogP contribution in [0.1, 0.15) is 37.0 Å². The molecule has 0 fully saturated rings. The monoisotopic (exact) mass is 306 g/mol. The van der Waals surface area contributed by atoms with E-state index in [9.17, 15) is 0 Å². The number of hydrogen-bond acceptors (Lipinski definition) is 4. The van der Waals surface area contributed by atoms with Crippen molar-refractivity contribution in [3.63, 3.8) is 0 Å². The summed E-state index contributed by atoms with van der Waals surface area (Å²) in [5, 5.41) is 5.60. The molecular weight excluding hydrogens is 280 g/mol. The van der Waals surface area contributed by atoms with Gasteiger partial charge in [-0.1, -0.05) is 26.8 Å². The number of thiophene rings is 1. The van der Waals surface area contributed by atoms with E-state index in [0.717, 1.165) is 38.5 Å². The van der Waals surface area contributed by atoms with E-state index < -0.39 is 0 Å². The summed E-state index contributed by atoms with van der Waals surface area (Å²) in [5.74, 6) is 1.73. The van der Waals surface area contributed by atoms with Crippen LogP contribution in [0.4, 0.5) is 0 Å². The minimum Gasteiger partial charge on any atom is -0.468 e. The molecule has 0 aliphatic rings. The van der Waals surface area contributed by atoms with Crippen LogP contribution in [0.25, 0.3) is 0 Å². The second-order valence-electron chi connectivity index (χ2n) is 5.78. The van der Waals surface area contributed by atoms with Gasteiger partial charge in [0.05, 0.1) is 12.8 Å². The van der Waals surface area contributed by atoms with Gasteiger partial charge in [0, 0.05) is 23.5 Å². The maximum Gasteiger partial charge on any atom is 0.122 e. The van der Waals surface area contributed by atoms with E-state index >= 15 is 0 Å². The fourth-order valence-corrected chi connectivity index (χ4v) is 3.03. The molecule has 0 aromatic carbocycles. The first-order chi connectivity index (χ1) is 10.2. The highest BCUT2D eigenvalue weighted by Crippen LogP contribution is 2.17. The lowest BCUT2D eigenvalue weighted by Gasteiger charge is -2.19. The summed E-state index contributed by atoms with van der Waals surface area (Å²) in [6.07, 6.45) is 1.81. The number of rotatable bonds is 9. The summed E-state index contributed by atoms with van der Waals surface area (Å²) in [5.41, 5.74) is 1.30. The van der Waals surface area contributed by atoms with Crippen LogP contribution in [-0.4, -0.2) is 18.0 Å². The predicted octanol–water partition coefficient (Wildman–Crippen LogP) is 4.11. The molecule has 0 atom stereocenters. The number of hydrogen-bond donors (Lipinski definition) is 1. The topological polar surface area (TPSA) is 28.4 Å². The molecule has 2 heterocycles. The van der Waals surface area contributed by atoms with E-state index in [4.69, 9.17) is 4.42 Å². The second-order valence-corrected chi connectivity index (χ2v) is 6.81. The highest BCUT2D eigenvalue weighted by Gasteiger charge is 2.11. The first-order valence-corrected chi connectivity index (χ1v) is 8.57. The number of nitrogens with zero attached hydrogens (tertiary/aromatic N) is 1. The molecule has 0 amide bonds. The predicted molar refractivity (Wildman–Crippen MR) is 89.4 cm³/mol. The fourth-order valence-electron chi connectivity index (χ4n) is 2.28. The summed E-state index contributed by atoms with van der Waals surface area (Å²) in [6.45, 7) is 11.5. The molecule has 0 saturated carbocycles. The van der Waals surface area contributed by atoms with Crippen LogP contribution >= 0.6 is 11.3 Å². The van der Waals surface area contributed by atoms with Crippen molar-refractivity contribution in [3.8, 4) is 0 Å². The fraction of sp³-hybridized carbons (Fsp3) is 0.529. The lowest BCUT2D eigenvalue weighted by molar-refractivity contribution is 0.271. The molecule has 2 aromatic rings. The van der Waals surface area contributed by atoms with E-state index in [-0.39, 0.29) is 0 Å². The average molecular weight is 306 g/mol. The van der Waals surface area contributed by atoms with Gasteiger partial charge < -0.3 is 9.73 Å². The summed E-state index contributed by atoms with van der Waals surface area (Å²) < 4.78 is 5.64. The Morgan fingerprint density at radius 1 is 1.29 bits per heavy atom. The summed E-state index contributed by atoms with van der Waals surface area (Å²) in [4.78, 5) is 3.86. The number of nitrogens with one attached hydrogen (secondary N) is 1. The Bertz CT molecular complexity index is 505. The molecule has 4 heteroatoms. The minimum atomic E-state index is 0.661. The maximum absolute atomic E-state index is 5.64.